The lowest BCUT2D eigenvalue weighted by molar-refractivity contribution is -0.908. The first kappa shape index (κ1) is 26.0. The van der Waals surface area contributed by atoms with E-state index in [1.54, 1.807) is 12.1 Å². The van der Waals surface area contributed by atoms with Gasteiger partial charge < -0.3 is 19.6 Å². The minimum absolute atomic E-state index is 0.0368. The van der Waals surface area contributed by atoms with Crippen molar-refractivity contribution in [3.05, 3.63) is 71.3 Å². The molecule has 10 heteroatoms. The van der Waals surface area contributed by atoms with E-state index in [1.807, 2.05) is 18.2 Å². The Balaban J connectivity index is 1.66. The summed E-state index contributed by atoms with van der Waals surface area (Å²) in [6, 6.07) is 13.7. The third-order valence-corrected chi connectivity index (χ3v) is 8.50. The Bertz CT molecular complexity index is 1240. The van der Waals surface area contributed by atoms with Crippen LogP contribution in [0.1, 0.15) is 23.6 Å². The Morgan fingerprint density at radius 2 is 1.69 bits per heavy atom. The molecule has 1 unspecified atom stereocenters. The van der Waals surface area contributed by atoms with Crippen LogP contribution in [0.15, 0.2) is 65.1 Å². The third-order valence-electron chi connectivity index (χ3n) is 6.67. The van der Waals surface area contributed by atoms with Crippen LogP contribution in [0.25, 0.3) is 5.76 Å². The first-order valence-corrected chi connectivity index (χ1v) is 13.4. The normalized spacial score (nSPS) is 20.9. The molecule has 0 bridgehead atoms. The van der Waals surface area contributed by atoms with Gasteiger partial charge in [0.25, 0.3) is 5.91 Å². The summed E-state index contributed by atoms with van der Waals surface area (Å²) in [7, 11) is -0.818. The molecule has 2 aliphatic heterocycles. The van der Waals surface area contributed by atoms with Crippen molar-refractivity contribution in [1.29, 1.82) is 0 Å². The fourth-order valence-electron chi connectivity index (χ4n) is 4.64. The van der Waals surface area contributed by atoms with Gasteiger partial charge in [-0.2, -0.15) is 0 Å². The number of nitrogens with zero attached hydrogens (tertiary/aromatic N) is 2. The van der Waals surface area contributed by atoms with Gasteiger partial charge in [-0.15, -0.1) is 0 Å². The summed E-state index contributed by atoms with van der Waals surface area (Å²) in [5.41, 5.74) is 0.739. The summed E-state index contributed by atoms with van der Waals surface area (Å²) in [6.07, 6.45) is 0.691. The highest BCUT2D eigenvalue weighted by Crippen LogP contribution is 2.38. The number of hydrogen-bond acceptors (Lipinski definition) is 6. The van der Waals surface area contributed by atoms with E-state index in [2.05, 4.69) is 0 Å². The lowest BCUT2D eigenvalue weighted by atomic mass is 9.95. The molecule has 0 saturated carbocycles. The van der Waals surface area contributed by atoms with Crippen LogP contribution in [0.4, 0.5) is 0 Å². The monoisotopic (exact) mass is 513 g/mol. The molecule has 1 N–H and O–H groups in total. The predicted octanol–water partition coefficient (Wildman–Crippen LogP) is -0.534. The second kappa shape index (κ2) is 10.9. The SMILES string of the molecule is CN(C)S(=O)(=O)c1ccc(C([O-])=C2C(=O)C(=O)N(CCC[NH+]3CCOCC3)C2c2ccccc2)cc1. The molecule has 0 aromatic heterocycles. The van der Waals surface area contributed by atoms with Gasteiger partial charge in [0.1, 0.15) is 13.1 Å². The molecule has 2 aromatic rings. The minimum Gasteiger partial charge on any atom is -0.872 e. The summed E-state index contributed by atoms with van der Waals surface area (Å²) in [4.78, 5) is 29.1. The van der Waals surface area contributed by atoms with Crippen molar-refractivity contribution in [3.63, 3.8) is 0 Å². The highest BCUT2D eigenvalue weighted by atomic mass is 32.2. The molecule has 192 valence electrons. The molecule has 0 spiro atoms. The molecule has 2 saturated heterocycles. The number of nitrogens with one attached hydrogen (secondary N) is 1. The number of carbonyl (C=O) groups is 2. The van der Waals surface area contributed by atoms with Crippen molar-refractivity contribution >= 4 is 27.5 Å². The fraction of sp³-hybridized carbons (Fsp3) is 0.385. The summed E-state index contributed by atoms with van der Waals surface area (Å²) >= 11 is 0. The molecule has 2 aliphatic rings. The number of ketones is 1. The standard InChI is InChI=1S/C26H31N3O6S/c1-27(2)36(33,34)21-11-9-20(10-12-21)24(30)22-23(19-7-4-3-5-8-19)29(26(32)25(22)31)14-6-13-28-15-17-35-18-16-28/h3-5,7-12,23,30H,6,13-18H2,1-2H3. The number of hydrogen-bond donors (Lipinski definition) is 1. The zero-order valence-corrected chi connectivity index (χ0v) is 21.3. The van der Waals surface area contributed by atoms with Gasteiger partial charge in [0.2, 0.25) is 15.8 Å². The lowest BCUT2D eigenvalue weighted by Crippen LogP contribution is -3.14. The third kappa shape index (κ3) is 5.22. The first-order valence-electron chi connectivity index (χ1n) is 12.0. The van der Waals surface area contributed by atoms with Crippen LogP contribution in [0.2, 0.25) is 0 Å². The molecule has 0 aliphatic carbocycles. The van der Waals surface area contributed by atoms with Crippen LogP contribution in [-0.4, -0.2) is 82.8 Å². The Morgan fingerprint density at radius 1 is 1.06 bits per heavy atom. The Kier molecular flexibility index (Phi) is 7.89. The van der Waals surface area contributed by atoms with E-state index in [1.165, 1.54) is 48.2 Å². The Labute approximate surface area is 211 Å². The number of sulfonamides is 1. The maximum Gasteiger partial charge on any atom is 0.295 e. The van der Waals surface area contributed by atoms with E-state index in [9.17, 15) is 23.1 Å². The van der Waals surface area contributed by atoms with Crippen LogP contribution in [0.5, 0.6) is 0 Å². The van der Waals surface area contributed by atoms with Crippen molar-refractivity contribution in [3.8, 4) is 0 Å². The quantitative estimate of drug-likeness (QED) is 0.289. The summed E-state index contributed by atoms with van der Waals surface area (Å²) in [6.45, 7) is 4.43. The molecule has 2 fully saturated rings. The van der Waals surface area contributed by atoms with Crippen molar-refractivity contribution in [2.75, 3.05) is 53.5 Å². The smallest absolute Gasteiger partial charge is 0.295 e. The zero-order chi connectivity index (χ0) is 25.9. The molecule has 1 amide bonds. The van der Waals surface area contributed by atoms with Crippen molar-refractivity contribution in [2.24, 2.45) is 0 Å². The predicted molar refractivity (Wildman–Crippen MR) is 131 cm³/mol. The van der Waals surface area contributed by atoms with Crippen LogP contribution < -0.4 is 10.0 Å². The van der Waals surface area contributed by atoms with E-state index in [-0.39, 0.29) is 16.0 Å². The van der Waals surface area contributed by atoms with Crippen LogP contribution in [0.3, 0.4) is 0 Å². The van der Waals surface area contributed by atoms with Crippen molar-refractivity contribution in [1.82, 2.24) is 9.21 Å². The fourth-order valence-corrected chi connectivity index (χ4v) is 5.54. The summed E-state index contributed by atoms with van der Waals surface area (Å²) in [5.74, 6) is -2.06. The Morgan fingerprint density at radius 3 is 2.31 bits per heavy atom. The Hall–Kier alpha value is -3.05. The van der Waals surface area contributed by atoms with Gasteiger partial charge in [-0.05, 0) is 23.3 Å². The molecule has 9 nitrogen and oxygen atoms in total. The largest absolute Gasteiger partial charge is 0.872 e. The van der Waals surface area contributed by atoms with Gasteiger partial charge >= 0.3 is 0 Å². The maximum absolute atomic E-state index is 13.5. The molecule has 2 aromatic carbocycles. The van der Waals surface area contributed by atoms with Gasteiger partial charge in [-0.25, -0.2) is 12.7 Å². The van der Waals surface area contributed by atoms with Crippen LogP contribution in [0, 0.1) is 0 Å². The number of amides is 1. The maximum atomic E-state index is 13.5. The van der Waals surface area contributed by atoms with Gasteiger partial charge in [0.15, 0.2) is 0 Å². The number of benzene rings is 2. The average molecular weight is 514 g/mol. The number of morpholine rings is 1. The summed E-state index contributed by atoms with van der Waals surface area (Å²) in [5, 5.41) is 13.5. The zero-order valence-electron chi connectivity index (χ0n) is 20.5. The second-order valence-electron chi connectivity index (χ2n) is 9.16. The van der Waals surface area contributed by atoms with Gasteiger partial charge in [-0.3, -0.25) is 9.59 Å². The molecular formula is C26H31N3O6S. The average Bonchev–Trinajstić information content (AvgIpc) is 3.14. The summed E-state index contributed by atoms with van der Waals surface area (Å²) < 4.78 is 31.2. The number of quaternary nitrogens is 1. The molecule has 1 atom stereocenters. The van der Waals surface area contributed by atoms with Gasteiger partial charge in [0, 0.05) is 32.6 Å². The minimum atomic E-state index is -3.66. The van der Waals surface area contributed by atoms with Crippen molar-refractivity contribution in [2.45, 2.75) is 17.4 Å². The molecular weight excluding hydrogens is 482 g/mol. The number of rotatable bonds is 8. The number of likely N-dealkylation sites (tertiary alicyclic amines) is 1. The van der Waals surface area contributed by atoms with Gasteiger partial charge in [-0.1, -0.05) is 48.2 Å². The molecule has 0 radical (unpaired) electrons. The lowest BCUT2D eigenvalue weighted by Gasteiger charge is -2.29. The van der Waals surface area contributed by atoms with E-state index in [4.69, 9.17) is 4.74 Å². The second-order valence-corrected chi connectivity index (χ2v) is 11.3. The van der Waals surface area contributed by atoms with Crippen molar-refractivity contribution < 1.29 is 32.8 Å². The topological polar surface area (TPSA) is 111 Å². The highest BCUT2D eigenvalue weighted by Gasteiger charge is 2.44. The number of carbonyl (C=O) groups excluding carboxylic acids is 2. The van der Waals surface area contributed by atoms with Gasteiger partial charge in [0.05, 0.1) is 30.7 Å². The first-order chi connectivity index (χ1) is 17.2. The molecule has 2 heterocycles. The van der Waals surface area contributed by atoms with E-state index < -0.39 is 33.5 Å². The number of Topliss-reactive ketones (excluding diaryl/α,β-unsaturated/α-hetero) is 1. The van der Waals surface area contributed by atoms with E-state index >= 15 is 0 Å². The highest BCUT2D eigenvalue weighted by molar-refractivity contribution is 7.89. The van der Waals surface area contributed by atoms with Crippen LogP contribution >= 0.6 is 0 Å². The van der Waals surface area contributed by atoms with E-state index in [0.29, 0.717) is 31.7 Å². The van der Waals surface area contributed by atoms with Crippen LogP contribution in [-0.2, 0) is 24.3 Å². The number of ether oxygens (including phenoxy) is 1. The molecule has 36 heavy (non-hydrogen) atoms. The molecule has 4 rings (SSSR count). The van der Waals surface area contributed by atoms with E-state index in [0.717, 1.165) is 23.9 Å².